The smallest absolute Gasteiger partial charge is 0.273 e. The van der Waals surface area contributed by atoms with Crippen LogP contribution in [0.2, 0.25) is 0 Å². The second-order valence-corrected chi connectivity index (χ2v) is 7.59. The molecule has 0 bridgehead atoms. The molecule has 0 aromatic carbocycles. The minimum atomic E-state index is -0.522. The number of hydrogen-bond donors (Lipinski definition) is 2. The minimum absolute atomic E-state index is 0.0107. The van der Waals surface area contributed by atoms with Gasteiger partial charge in [-0.15, -0.1) is 11.3 Å². The SMILES string of the molecule is Cc1cc(C[C@@H]2CN(C(=O)c3csc(CN(C)C)n3)C[C@H]2O)n[nH]1. The fourth-order valence-electron chi connectivity index (χ4n) is 2.98. The van der Waals surface area contributed by atoms with E-state index in [-0.39, 0.29) is 11.8 Å². The fraction of sp³-hybridized carbons (Fsp3) is 0.562. The van der Waals surface area contributed by atoms with E-state index in [9.17, 15) is 9.90 Å². The standard InChI is InChI=1S/C16H23N5O2S/c1-10-4-12(19-18-10)5-11-6-21(7-14(11)22)16(23)13-9-24-15(17-13)8-20(2)3/h4,9,11,14,22H,5-8H2,1-3H3,(H,18,19)/t11-,14-/m1/s1. The van der Waals surface area contributed by atoms with Crippen LogP contribution < -0.4 is 0 Å². The van der Waals surface area contributed by atoms with Crippen LogP contribution in [0.3, 0.4) is 0 Å². The van der Waals surface area contributed by atoms with Gasteiger partial charge in [-0.3, -0.25) is 9.89 Å². The van der Waals surface area contributed by atoms with Crippen LogP contribution in [0.5, 0.6) is 0 Å². The van der Waals surface area contributed by atoms with Crippen LogP contribution in [0.25, 0.3) is 0 Å². The number of carbonyl (C=O) groups excluding carboxylic acids is 1. The van der Waals surface area contributed by atoms with Gasteiger partial charge in [0.1, 0.15) is 10.7 Å². The van der Waals surface area contributed by atoms with Crippen LogP contribution >= 0.6 is 11.3 Å². The largest absolute Gasteiger partial charge is 0.391 e. The molecule has 130 valence electrons. The lowest BCUT2D eigenvalue weighted by Gasteiger charge is -2.14. The highest BCUT2D eigenvalue weighted by molar-refractivity contribution is 7.09. The number of aliphatic hydroxyl groups excluding tert-OH is 1. The van der Waals surface area contributed by atoms with E-state index in [1.165, 1.54) is 11.3 Å². The number of aromatic amines is 1. The molecule has 1 amide bonds. The number of nitrogens with zero attached hydrogens (tertiary/aromatic N) is 4. The van der Waals surface area contributed by atoms with Crippen molar-refractivity contribution < 1.29 is 9.90 Å². The number of aliphatic hydroxyl groups is 1. The molecule has 0 unspecified atom stereocenters. The highest BCUT2D eigenvalue weighted by atomic mass is 32.1. The number of nitrogens with one attached hydrogen (secondary N) is 1. The zero-order valence-corrected chi connectivity index (χ0v) is 15.0. The summed E-state index contributed by atoms with van der Waals surface area (Å²) >= 11 is 1.50. The molecular formula is C16H23N5O2S. The molecule has 1 fully saturated rings. The van der Waals surface area contributed by atoms with E-state index in [0.717, 1.165) is 22.9 Å². The number of amides is 1. The van der Waals surface area contributed by atoms with Gasteiger partial charge in [-0.05, 0) is 33.5 Å². The van der Waals surface area contributed by atoms with Gasteiger partial charge in [0.2, 0.25) is 0 Å². The van der Waals surface area contributed by atoms with Gasteiger partial charge in [0.15, 0.2) is 0 Å². The second-order valence-electron chi connectivity index (χ2n) is 6.65. The molecule has 0 aliphatic carbocycles. The Morgan fingerprint density at radius 3 is 2.96 bits per heavy atom. The summed E-state index contributed by atoms with van der Waals surface area (Å²) < 4.78 is 0. The molecule has 1 saturated heterocycles. The van der Waals surface area contributed by atoms with Crippen molar-refractivity contribution in [1.29, 1.82) is 0 Å². The van der Waals surface area contributed by atoms with Gasteiger partial charge in [-0.25, -0.2) is 4.98 Å². The van der Waals surface area contributed by atoms with E-state index in [0.29, 0.717) is 25.2 Å². The van der Waals surface area contributed by atoms with Crippen molar-refractivity contribution in [2.75, 3.05) is 27.2 Å². The van der Waals surface area contributed by atoms with E-state index < -0.39 is 6.10 Å². The molecular weight excluding hydrogens is 326 g/mol. The van der Waals surface area contributed by atoms with E-state index in [1.54, 1.807) is 10.3 Å². The molecule has 0 radical (unpaired) electrons. The maximum atomic E-state index is 12.6. The zero-order chi connectivity index (χ0) is 17.3. The van der Waals surface area contributed by atoms with Gasteiger partial charge in [0.05, 0.1) is 11.8 Å². The van der Waals surface area contributed by atoms with Crippen LogP contribution in [-0.2, 0) is 13.0 Å². The molecule has 7 nitrogen and oxygen atoms in total. The first-order valence-corrected chi connectivity index (χ1v) is 8.87. The zero-order valence-electron chi connectivity index (χ0n) is 14.2. The Kier molecular flexibility index (Phi) is 4.98. The molecule has 24 heavy (non-hydrogen) atoms. The molecule has 3 heterocycles. The number of β-amino-alcohol motifs (C(OH)–C–C–N with tert-alkyl or cyclic N) is 1. The number of rotatable bonds is 5. The summed E-state index contributed by atoms with van der Waals surface area (Å²) in [6.07, 6.45) is 0.143. The number of carbonyl (C=O) groups is 1. The molecule has 2 aromatic rings. The van der Waals surface area contributed by atoms with Gasteiger partial charge in [0, 0.05) is 36.6 Å². The predicted molar refractivity (Wildman–Crippen MR) is 91.9 cm³/mol. The lowest BCUT2D eigenvalue weighted by Crippen LogP contribution is -2.30. The first-order valence-electron chi connectivity index (χ1n) is 7.99. The van der Waals surface area contributed by atoms with E-state index in [4.69, 9.17) is 0 Å². The van der Waals surface area contributed by atoms with Crippen LogP contribution in [0.4, 0.5) is 0 Å². The van der Waals surface area contributed by atoms with Crippen LogP contribution in [0, 0.1) is 12.8 Å². The highest BCUT2D eigenvalue weighted by Crippen LogP contribution is 2.23. The maximum absolute atomic E-state index is 12.6. The van der Waals surface area contributed by atoms with E-state index >= 15 is 0 Å². The van der Waals surface area contributed by atoms with Gasteiger partial charge in [-0.1, -0.05) is 0 Å². The quantitative estimate of drug-likeness (QED) is 0.838. The topological polar surface area (TPSA) is 85.3 Å². The first kappa shape index (κ1) is 17.1. The Labute approximate surface area is 145 Å². The van der Waals surface area contributed by atoms with Crippen molar-refractivity contribution in [3.05, 3.63) is 33.5 Å². The summed E-state index contributed by atoms with van der Waals surface area (Å²) in [4.78, 5) is 20.8. The van der Waals surface area contributed by atoms with Crippen molar-refractivity contribution in [2.45, 2.75) is 26.0 Å². The number of thiazole rings is 1. The molecule has 2 N–H and O–H groups in total. The number of H-pyrrole nitrogens is 1. The third-order valence-electron chi connectivity index (χ3n) is 4.15. The average Bonchev–Trinajstić information content (AvgIpc) is 3.21. The Bertz CT molecular complexity index is 711. The minimum Gasteiger partial charge on any atom is -0.391 e. The summed E-state index contributed by atoms with van der Waals surface area (Å²) in [5.41, 5.74) is 2.40. The number of aryl methyl sites for hydroxylation is 1. The molecule has 0 spiro atoms. The van der Waals surface area contributed by atoms with Crippen molar-refractivity contribution >= 4 is 17.2 Å². The Morgan fingerprint density at radius 2 is 2.29 bits per heavy atom. The van der Waals surface area contributed by atoms with E-state index in [2.05, 4.69) is 15.2 Å². The normalized spacial score (nSPS) is 21.0. The monoisotopic (exact) mass is 349 g/mol. The third-order valence-corrected chi connectivity index (χ3v) is 4.98. The van der Waals surface area contributed by atoms with Crippen molar-refractivity contribution in [2.24, 2.45) is 5.92 Å². The third kappa shape index (κ3) is 3.82. The highest BCUT2D eigenvalue weighted by Gasteiger charge is 2.35. The summed E-state index contributed by atoms with van der Waals surface area (Å²) in [7, 11) is 3.95. The van der Waals surface area contributed by atoms with Crippen LogP contribution in [-0.4, -0.2) is 69.3 Å². The molecule has 8 heteroatoms. The van der Waals surface area contributed by atoms with Gasteiger partial charge in [-0.2, -0.15) is 5.10 Å². The lowest BCUT2D eigenvalue weighted by atomic mass is 10.0. The summed E-state index contributed by atoms with van der Waals surface area (Å²) in [6, 6.07) is 1.98. The first-order chi connectivity index (χ1) is 11.4. The van der Waals surface area contributed by atoms with Crippen LogP contribution in [0.1, 0.15) is 26.9 Å². The summed E-state index contributed by atoms with van der Waals surface area (Å²) in [5, 5.41) is 20.1. The van der Waals surface area contributed by atoms with Gasteiger partial charge in [0.25, 0.3) is 5.91 Å². The number of hydrogen-bond acceptors (Lipinski definition) is 6. The number of likely N-dealkylation sites (tertiary alicyclic amines) is 1. The van der Waals surface area contributed by atoms with Crippen molar-refractivity contribution in [3.8, 4) is 0 Å². The predicted octanol–water partition coefficient (Wildman–Crippen LogP) is 0.912. The molecule has 1 aliphatic rings. The summed E-state index contributed by atoms with van der Waals surface area (Å²) in [5.74, 6) is -0.0902. The maximum Gasteiger partial charge on any atom is 0.273 e. The Balaban J connectivity index is 1.63. The molecule has 2 atom stereocenters. The second kappa shape index (κ2) is 7.00. The summed E-state index contributed by atoms with van der Waals surface area (Å²) in [6.45, 7) is 3.56. The molecule has 3 rings (SSSR count). The number of aromatic nitrogens is 3. The van der Waals surface area contributed by atoms with Gasteiger partial charge >= 0.3 is 0 Å². The Hall–Kier alpha value is -1.77. The Morgan fingerprint density at radius 1 is 1.50 bits per heavy atom. The molecule has 1 aliphatic heterocycles. The molecule has 0 saturated carbocycles. The van der Waals surface area contributed by atoms with Crippen molar-refractivity contribution in [3.63, 3.8) is 0 Å². The van der Waals surface area contributed by atoms with Crippen molar-refractivity contribution in [1.82, 2.24) is 25.0 Å². The fourth-order valence-corrected chi connectivity index (χ4v) is 3.87. The van der Waals surface area contributed by atoms with Gasteiger partial charge < -0.3 is 14.9 Å². The lowest BCUT2D eigenvalue weighted by molar-refractivity contribution is 0.0759. The average molecular weight is 349 g/mol. The van der Waals surface area contributed by atoms with Crippen LogP contribution in [0.15, 0.2) is 11.4 Å². The van der Waals surface area contributed by atoms with E-state index in [1.807, 2.05) is 32.0 Å². The molecule has 2 aromatic heterocycles.